The third-order valence-corrected chi connectivity index (χ3v) is 1.47. The van der Waals surface area contributed by atoms with Gasteiger partial charge >= 0.3 is 0 Å². The summed E-state index contributed by atoms with van der Waals surface area (Å²) in [5.41, 5.74) is 2.64. The Kier molecular flexibility index (Phi) is 1.60. The number of nitrogens with one attached hydrogen (secondary N) is 1. The highest BCUT2D eigenvalue weighted by atomic mass is 14.7. The quantitative estimate of drug-likeness (QED) is 0.594. The molecule has 0 aliphatic rings. The SMILES string of the molecule is Cc1c[nH]c(C(C)C)c1.[HH]. The molecule has 0 atom stereocenters. The van der Waals surface area contributed by atoms with Crippen LogP contribution in [0.1, 0.15) is 32.4 Å². The summed E-state index contributed by atoms with van der Waals surface area (Å²) in [5.74, 6) is 0.624. The average molecular weight is 125 g/mol. The normalized spacial score (nSPS) is 10.7. The second-order valence-corrected chi connectivity index (χ2v) is 2.79. The van der Waals surface area contributed by atoms with Crippen molar-refractivity contribution in [2.24, 2.45) is 0 Å². The van der Waals surface area contributed by atoms with E-state index in [9.17, 15) is 0 Å². The second kappa shape index (κ2) is 2.26. The van der Waals surface area contributed by atoms with Gasteiger partial charge in [0.1, 0.15) is 0 Å². The third kappa shape index (κ3) is 1.35. The maximum atomic E-state index is 3.20. The molecule has 9 heavy (non-hydrogen) atoms. The van der Waals surface area contributed by atoms with E-state index in [4.69, 9.17) is 0 Å². The Morgan fingerprint density at radius 2 is 2.22 bits per heavy atom. The molecule has 1 rings (SSSR count). The zero-order chi connectivity index (χ0) is 6.85. The molecule has 1 heterocycles. The van der Waals surface area contributed by atoms with Gasteiger partial charge in [-0.3, -0.25) is 0 Å². The van der Waals surface area contributed by atoms with Crippen LogP contribution in [-0.4, -0.2) is 4.98 Å². The van der Waals surface area contributed by atoms with Crippen LogP contribution in [-0.2, 0) is 0 Å². The minimum atomic E-state index is 0. The molecule has 0 aliphatic heterocycles. The fourth-order valence-corrected chi connectivity index (χ4v) is 0.859. The van der Waals surface area contributed by atoms with E-state index in [1.54, 1.807) is 0 Å². The fourth-order valence-electron chi connectivity index (χ4n) is 0.859. The van der Waals surface area contributed by atoms with Gasteiger partial charge in [-0.25, -0.2) is 0 Å². The molecule has 1 aromatic heterocycles. The second-order valence-electron chi connectivity index (χ2n) is 2.79. The molecule has 0 radical (unpaired) electrons. The molecular formula is C8H15N. The molecule has 0 aliphatic carbocycles. The molecule has 0 aromatic carbocycles. The Bertz CT molecular complexity index is 191. The molecule has 1 nitrogen and oxygen atoms in total. The van der Waals surface area contributed by atoms with E-state index in [1.807, 2.05) is 6.20 Å². The van der Waals surface area contributed by atoms with Gasteiger partial charge in [0.05, 0.1) is 0 Å². The predicted molar refractivity (Wildman–Crippen MR) is 41.7 cm³/mol. The van der Waals surface area contributed by atoms with E-state index in [0.717, 1.165) is 0 Å². The van der Waals surface area contributed by atoms with Crippen molar-refractivity contribution in [1.29, 1.82) is 0 Å². The molecule has 52 valence electrons. The average Bonchev–Trinajstić information content (AvgIpc) is 2.14. The van der Waals surface area contributed by atoms with Crippen LogP contribution in [0.25, 0.3) is 0 Å². The minimum Gasteiger partial charge on any atom is -0.365 e. The Morgan fingerprint density at radius 1 is 1.56 bits per heavy atom. The molecule has 0 saturated carbocycles. The topological polar surface area (TPSA) is 15.8 Å². The summed E-state index contributed by atoms with van der Waals surface area (Å²) in [6.07, 6.45) is 2.04. The highest BCUT2D eigenvalue weighted by Crippen LogP contribution is 2.12. The van der Waals surface area contributed by atoms with Crippen LogP contribution in [0, 0.1) is 6.92 Å². The van der Waals surface area contributed by atoms with E-state index in [-0.39, 0.29) is 1.43 Å². The standard InChI is InChI=1S/C8H13N.H2/c1-6(2)8-4-7(3)5-9-8;/h4-6,9H,1-3H3;1H. The molecule has 1 heteroatoms. The fraction of sp³-hybridized carbons (Fsp3) is 0.500. The van der Waals surface area contributed by atoms with Crippen molar-refractivity contribution in [3.8, 4) is 0 Å². The number of H-pyrrole nitrogens is 1. The van der Waals surface area contributed by atoms with Crippen molar-refractivity contribution in [3.63, 3.8) is 0 Å². The molecule has 0 amide bonds. The van der Waals surface area contributed by atoms with Crippen molar-refractivity contribution in [2.45, 2.75) is 26.7 Å². The lowest BCUT2D eigenvalue weighted by atomic mass is 10.1. The Balaban J connectivity index is 0.000000810. The smallest absolute Gasteiger partial charge is 0.0175 e. The van der Waals surface area contributed by atoms with Crippen LogP contribution in [0.4, 0.5) is 0 Å². The number of hydrogen-bond donors (Lipinski definition) is 1. The maximum Gasteiger partial charge on any atom is 0.0175 e. The molecular weight excluding hydrogens is 110 g/mol. The zero-order valence-corrected chi connectivity index (χ0v) is 6.23. The van der Waals surface area contributed by atoms with Crippen LogP contribution in [0.3, 0.4) is 0 Å². The van der Waals surface area contributed by atoms with Gasteiger partial charge in [-0.1, -0.05) is 13.8 Å². The number of rotatable bonds is 1. The first-order valence-corrected chi connectivity index (χ1v) is 3.35. The molecule has 1 aromatic rings. The van der Waals surface area contributed by atoms with Gasteiger partial charge in [0.2, 0.25) is 0 Å². The summed E-state index contributed by atoms with van der Waals surface area (Å²) in [6.45, 7) is 6.47. The van der Waals surface area contributed by atoms with Crippen molar-refractivity contribution in [1.82, 2.24) is 4.98 Å². The van der Waals surface area contributed by atoms with Crippen LogP contribution in [0.5, 0.6) is 0 Å². The number of aromatic nitrogens is 1. The van der Waals surface area contributed by atoms with E-state index >= 15 is 0 Å². The van der Waals surface area contributed by atoms with Gasteiger partial charge < -0.3 is 4.98 Å². The van der Waals surface area contributed by atoms with Crippen molar-refractivity contribution >= 4 is 0 Å². The molecule has 1 N–H and O–H groups in total. The molecule has 0 fully saturated rings. The first-order chi connectivity index (χ1) is 4.20. The summed E-state index contributed by atoms with van der Waals surface area (Å²) >= 11 is 0. The largest absolute Gasteiger partial charge is 0.365 e. The van der Waals surface area contributed by atoms with E-state index < -0.39 is 0 Å². The monoisotopic (exact) mass is 125 g/mol. The van der Waals surface area contributed by atoms with Gasteiger partial charge in [-0.15, -0.1) is 0 Å². The summed E-state index contributed by atoms with van der Waals surface area (Å²) in [5, 5.41) is 0. The van der Waals surface area contributed by atoms with Gasteiger partial charge in [-0.05, 0) is 24.5 Å². The number of hydrogen-bond acceptors (Lipinski definition) is 0. The maximum absolute atomic E-state index is 3.20. The Morgan fingerprint density at radius 3 is 2.44 bits per heavy atom. The van der Waals surface area contributed by atoms with Crippen LogP contribution < -0.4 is 0 Å². The van der Waals surface area contributed by atoms with E-state index in [1.165, 1.54) is 11.3 Å². The first-order valence-electron chi connectivity index (χ1n) is 3.35. The molecule has 0 saturated heterocycles. The van der Waals surface area contributed by atoms with E-state index in [2.05, 4.69) is 31.8 Å². The Hall–Kier alpha value is -0.720. The van der Waals surface area contributed by atoms with Crippen LogP contribution in [0.15, 0.2) is 12.3 Å². The lowest BCUT2D eigenvalue weighted by Gasteiger charge is -1.97. The number of aromatic amines is 1. The summed E-state index contributed by atoms with van der Waals surface area (Å²) < 4.78 is 0. The molecule has 0 spiro atoms. The summed E-state index contributed by atoms with van der Waals surface area (Å²) in [7, 11) is 0. The van der Waals surface area contributed by atoms with Crippen LogP contribution in [0.2, 0.25) is 0 Å². The molecule has 0 unspecified atom stereocenters. The zero-order valence-electron chi connectivity index (χ0n) is 6.23. The van der Waals surface area contributed by atoms with Gasteiger partial charge in [0.25, 0.3) is 0 Å². The highest BCUT2D eigenvalue weighted by Gasteiger charge is 1.98. The van der Waals surface area contributed by atoms with Gasteiger partial charge in [-0.2, -0.15) is 0 Å². The lowest BCUT2D eigenvalue weighted by molar-refractivity contribution is 0.833. The molecule has 0 bridgehead atoms. The first kappa shape index (κ1) is 6.40. The van der Waals surface area contributed by atoms with E-state index in [0.29, 0.717) is 5.92 Å². The number of aryl methyl sites for hydroxylation is 1. The van der Waals surface area contributed by atoms with Crippen molar-refractivity contribution < 1.29 is 1.43 Å². The van der Waals surface area contributed by atoms with Gasteiger partial charge in [0, 0.05) is 13.3 Å². The Labute approximate surface area is 57.6 Å². The summed E-state index contributed by atoms with van der Waals surface area (Å²) in [6, 6.07) is 2.19. The van der Waals surface area contributed by atoms with Crippen LogP contribution >= 0.6 is 0 Å². The third-order valence-electron chi connectivity index (χ3n) is 1.47. The van der Waals surface area contributed by atoms with Gasteiger partial charge in [0.15, 0.2) is 0 Å². The van der Waals surface area contributed by atoms with Crippen molar-refractivity contribution in [3.05, 3.63) is 23.5 Å². The predicted octanol–water partition coefficient (Wildman–Crippen LogP) is 2.69. The summed E-state index contributed by atoms with van der Waals surface area (Å²) in [4.78, 5) is 3.20. The highest BCUT2D eigenvalue weighted by molar-refractivity contribution is 5.16. The minimum absolute atomic E-state index is 0. The lowest BCUT2D eigenvalue weighted by Crippen LogP contribution is -1.84. The van der Waals surface area contributed by atoms with Crippen molar-refractivity contribution in [2.75, 3.05) is 0 Å².